The van der Waals surface area contributed by atoms with Gasteiger partial charge in [-0.05, 0) is 43.2 Å². The van der Waals surface area contributed by atoms with E-state index in [-0.39, 0.29) is 40.4 Å². The van der Waals surface area contributed by atoms with Gasteiger partial charge in [0, 0.05) is 18.2 Å². The number of benzene rings is 2. The molecule has 0 aliphatic heterocycles. The summed E-state index contributed by atoms with van der Waals surface area (Å²) < 4.78 is 38.3. The van der Waals surface area contributed by atoms with Crippen LogP contribution in [0.5, 0.6) is 11.5 Å². The summed E-state index contributed by atoms with van der Waals surface area (Å²) in [6.45, 7) is -0.251. The number of aliphatic hydroxyl groups is 1. The Balaban J connectivity index is 1.60. The number of methoxy groups -OCH3 is 1. The molecule has 1 unspecified atom stereocenters. The molecule has 0 spiro atoms. The Labute approximate surface area is 190 Å². The predicted octanol–water partition coefficient (Wildman–Crippen LogP) is 2.61. The van der Waals surface area contributed by atoms with Crippen molar-refractivity contribution in [3.63, 3.8) is 0 Å². The van der Waals surface area contributed by atoms with E-state index in [1.54, 1.807) is 18.2 Å². The molecule has 168 valence electrons. The molecular formula is C20H22Cl2N2O6S. The smallest absolute Gasteiger partial charge is 0.251 e. The van der Waals surface area contributed by atoms with Crippen LogP contribution in [0.2, 0.25) is 10.0 Å². The molecule has 1 saturated carbocycles. The molecular weight excluding hydrogens is 467 g/mol. The normalized spacial score (nSPS) is 14.7. The highest BCUT2D eigenvalue weighted by Crippen LogP contribution is 2.31. The monoisotopic (exact) mass is 488 g/mol. The van der Waals surface area contributed by atoms with Crippen LogP contribution in [-0.4, -0.2) is 51.8 Å². The van der Waals surface area contributed by atoms with Crippen molar-refractivity contribution in [1.29, 1.82) is 0 Å². The highest BCUT2D eigenvalue weighted by Gasteiger charge is 2.30. The standard InChI is InChI=1S/C20H22Cl2N2O6S/c1-29-16-8-5-12(9-18(16)31(27,28)24-13-6-7-13)20(26)23-10-14(25)11-30-17-4-2-3-15(21)19(17)22/h2-5,8-9,13-14,24-25H,6-7,10-11H2,1H3,(H,23,26). The molecule has 1 aliphatic carbocycles. The van der Waals surface area contributed by atoms with E-state index in [1.807, 2.05) is 0 Å². The molecule has 1 amide bonds. The van der Waals surface area contributed by atoms with E-state index >= 15 is 0 Å². The van der Waals surface area contributed by atoms with Crippen molar-refractivity contribution >= 4 is 39.1 Å². The second kappa shape index (κ2) is 10.1. The molecule has 1 atom stereocenters. The average Bonchev–Trinajstić information content (AvgIpc) is 3.55. The fraction of sp³-hybridized carbons (Fsp3) is 0.350. The van der Waals surface area contributed by atoms with Gasteiger partial charge in [-0.1, -0.05) is 29.3 Å². The summed E-state index contributed by atoms with van der Waals surface area (Å²) in [5.41, 5.74) is 0.114. The van der Waals surface area contributed by atoms with Crippen LogP contribution in [0.3, 0.4) is 0 Å². The molecule has 0 bridgehead atoms. The lowest BCUT2D eigenvalue weighted by atomic mass is 10.2. The van der Waals surface area contributed by atoms with Crippen LogP contribution in [0.15, 0.2) is 41.3 Å². The van der Waals surface area contributed by atoms with Crippen molar-refractivity contribution in [2.45, 2.75) is 29.9 Å². The molecule has 1 fully saturated rings. The minimum absolute atomic E-state index is 0.0877. The molecule has 3 N–H and O–H groups in total. The molecule has 0 aromatic heterocycles. The number of rotatable bonds is 10. The van der Waals surface area contributed by atoms with Crippen molar-refractivity contribution in [3.8, 4) is 11.5 Å². The van der Waals surface area contributed by atoms with Gasteiger partial charge in [0.1, 0.15) is 34.1 Å². The number of carbonyl (C=O) groups excluding carboxylic acids is 1. The number of hydrogen-bond acceptors (Lipinski definition) is 6. The maximum atomic E-state index is 12.6. The largest absolute Gasteiger partial charge is 0.495 e. The Bertz CT molecular complexity index is 1060. The Hall–Kier alpha value is -2.04. The summed E-state index contributed by atoms with van der Waals surface area (Å²) in [5.74, 6) is -0.102. The van der Waals surface area contributed by atoms with Crippen LogP contribution in [0.1, 0.15) is 23.2 Å². The summed E-state index contributed by atoms with van der Waals surface area (Å²) in [6, 6.07) is 8.88. The van der Waals surface area contributed by atoms with Crippen LogP contribution < -0.4 is 19.5 Å². The molecule has 3 rings (SSSR count). The van der Waals surface area contributed by atoms with Gasteiger partial charge >= 0.3 is 0 Å². The summed E-state index contributed by atoms with van der Waals surface area (Å²) in [6.07, 6.45) is 0.529. The number of aliphatic hydroxyl groups excluding tert-OH is 1. The Morgan fingerprint density at radius 1 is 1.23 bits per heavy atom. The predicted molar refractivity (Wildman–Crippen MR) is 117 cm³/mol. The van der Waals surface area contributed by atoms with Gasteiger partial charge in [-0.2, -0.15) is 0 Å². The molecule has 8 nitrogen and oxygen atoms in total. The van der Waals surface area contributed by atoms with Gasteiger partial charge < -0.3 is 19.9 Å². The van der Waals surface area contributed by atoms with Gasteiger partial charge in [-0.25, -0.2) is 13.1 Å². The van der Waals surface area contributed by atoms with Crippen LogP contribution in [-0.2, 0) is 10.0 Å². The number of sulfonamides is 1. The molecule has 0 saturated heterocycles. The number of carbonyl (C=O) groups is 1. The Morgan fingerprint density at radius 3 is 2.65 bits per heavy atom. The zero-order valence-corrected chi connectivity index (χ0v) is 18.9. The molecule has 11 heteroatoms. The SMILES string of the molecule is COc1ccc(C(=O)NCC(O)COc2cccc(Cl)c2Cl)cc1S(=O)(=O)NC1CC1. The summed E-state index contributed by atoms with van der Waals surface area (Å²) in [4.78, 5) is 12.4. The maximum absolute atomic E-state index is 12.6. The number of halogens is 2. The van der Waals surface area contributed by atoms with Gasteiger partial charge in [0.25, 0.3) is 5.91 Å². The van der Waals surface area contributed by atoms with E-state index in [0.717, 1.165) is 12.8 Å². The fourth-order valence-corrected chi connectivity index (χ4v) is 4.51. The number of ether oxygens (including phenoxy) is 2. The van der Waals surface area contributed by atoms with Crippen molar-refractivity contribution in [1.82, 2.24) is 10.0 Å². The quantitative estimate of drug-likeness (QED) is 0.473. The van der Waals surface area contributed by atoms with E-state index in [1.165, 1.54) is 25.3 Å². The number of nitrogens with one attached hydrogen (secondary N) is 2. The van der Waals surface area contributed by atoms with Crippen LogP contribution in [0.4, 0.5) is 0 Å². The van der Waals surface area contributed by atoms with Gasteiger partial charge in [-0.3, -0.25) is 4.79 Å². The Kier molecular flexibility index (Phi) is 7.66. The first kappa shape index (κ1) is 23.6. The van der Waals surface area contributed by atoms with E-state index < -0.39 is 22.0 Å². The van der Waals surface area contributed by atoms with Crippen molar-refractivity contribution in [2.75, 3.05) is 20.3 Å². The molecule has 31 heavy (non-hydrogen) atoms. The van der Waals surface area contributed by atoms with Crippen molar-refractivity contribution in [2.24, 2.45) is 0 Å². The van der Waals surface area contributed by atoms with Crippen molar-refractivity contribution < 1.29 is 27.8 Å². The highest BCUT2D eigenvalue weighted by atomic mass is 35.5. The zero-order valence-electron chi connectivity index (χ0n) is 16.6. The van der Waals surface area contributed by atoms with Crippen molar-refractivity contribution in [3.05, 3.63) is 52.0 Å². The van der Waals surface area contributed by atoms with Gasteiger partial charge in [0.2, 0.25) is 10.0 Å². The van der Waals surface area contributed by atoms with Crippen LogP contribution >= 0.6 is 23.2 Å². The fourth-order valence-electron chi connectivity index (χ4n) is 2.66. The lowest BCUT2D eigenvalue weighted by molar-refractivity contribution is 0.0843. The lowest BCUT2D eigenvalue weighted by Crippen LogP contribution is -2.35. The molecule has 2 aromatic carbocycles. The van der Waals surface area contributed by atoms with Crippen LogP contribution in [0.25, 0.3) is 0 Å². The minimum Gasteiger partial charge on any atom is -0.495 e. The third-order valence-corrected chi connectivity index (χ3v) is 6.80. The van der Waals surface area contributed by atoms with E-state index in [2.05, 4.69) is 10.0 Å². The minimum atomic E-state index is -3.82. The maximum Gasteiger partial charge on any atom is 0.251 e. The Morgan fingerprint density at radius 2 is 1.97 bits per heavy atom. The van der Waals surface area contributed by atoms with E-state index in [0.29, 0.717) is 10.8 Å². The van der Waals surface area contributed by atoms with Gasteiger partial charge in [0.05, 0.1) is 12.1 Å². The lowest BCUT2D eigenvalue weighted by Gasteiger charge is -2.15. The van der Waals surface area contributed by atoms with E-state index in [4.69, 9.17) is 32.7 Å². The second-order valence-corrected chi connectivity index (χ2v) is 9.46. The average molecular weight is 489 g/mol. The molecule has 2 aromatic rings. The summed E-state index contributed by atoms with van der Waals surface area (Å²) in [7, 11) is -2.47. The first-order chi connectivity index (χ1) is 14.7. The summed E-state index contributed by atoms with van der Waals surface area (Å²) in [5, 5.41) is 13.2. The zero-order chi connectivity index (χ0) is 22.6. The molecule has 0 radical (unpaired) electrons. The summed E-state index contributed by atoms with van der Waals surface area (Å²) >= 11 is 11.9. The topological polar surface area (TPSA) is 114 Å². The van der Waals surface area contributed by atoms with Crippen LogP contribution in [0, 0.1) is 0 Å². The number of amides is 1. The van der Waals surface area contributed by atoms with E-state index in [9.17, 15) is 18.3 Å². The van der Waals surface area contributed by atoms with Gasteiger partial charge in [0.15, 0.2) is 0 Å². The third-order valence-electron chi connectivity index (χ3n) is 4.46. The highest BCUT2D eigenvalue weighted by molar-refractivity contribution is 7.89. The first-order valence-corrected chi connectivity index (χ1v) is 11.7. The first-order valence-electron chi connectivity index (χ1n) is 9.44. The second-order valence-electron chi connectivity index (χ2n) is 6.99. The number of hydrogen-bond donors (Lipinski definition) is 3. The third kappa shape index (κ3) is 6.24. The van der Waals surface area contributed by atoms with Gasteiger partial charge in [-0.15, -0.1) is 0 Å². The molecule has 0 heterocycles. The molecule has 1 aliphatic rings.